The van der Waals surface area contributed by atoms with E-state index in [9.17, 15) is 15.0 Å². The number of phenolic OH excluding ortho intramolecular Hbond substituents is 2. The third-order valence-corrected chi connectivity index (χ3v) is 3.14. The standard InChI is InChI=1S/C15H12N2O4/c16-8-4-9-12(19)6-14(21-15(9)10(17)5-8)7-1-2-11(18)13(20)3-7/h1-6,18,20H,16-17H2. The van der Waals surface area contributed by atoms with Crippen LogP contribution < -0.4 is 16.9 Å². The summed E-state index contributed by atoms with van der Waals surface area (Å²) in [4.78, 5) is 12.1. The molecular weight excluding hydrogens is 272 g/mol. The molecule has 1 aromatic heterocycles. The SMILES string of the molecule is Nc1cc(N)c2oc(-c3ccc(O)c(O)c3)cc(=O)c2c1. The van der Waals surface area contributed by atoms with Gasteiger partial charge in [-0.25, -0.2) is 0 Å². The lowest BCUT2D eigenvalue weighted by Gasteiger charge is -2.07. The minimum absolute atomic E-state index is 0.235. The Kier molecular flexibility index (Phi) is 2.72. The lowest BCUT2D eigenvalue weighted by atomic mass is 10.1. The molecule has 0 unspecified atom stereocenters. The topological polar surface area (TPSA) is 123 Å². The molecule has 0 fully saturated rings. The van der Waals surface area contributed by atoms with E-state index in [1.165, 1.54) is 36.4 Å². The van der Waals surface area contributed by atoms with Gasteiger partial charge in [-0.2, -0.15) is 0 Å². The Morgan fingerprint density at radius 1 is 0.952 bits per heavy atom. The van der Waals surface area contributed by atoms with E-state index in [-0.39, 0.29) is 34.0 Å². The van der Waals surface area contributed by atoms with Gasteiger partial charge in [0, 0.05) is 17.3 Å². The van der Waals surface area contributed by atoms with E-state index in [2.05, 4.69) is 0 Å². The van der Waals surface area contributed by atoms with Gasteiger partial charge in [-0.1, -0.05) is 0 Å². The molecule has 6 nitrogen and oxygen atoms in total. The number of nitrogens with two attached hydrogens (primary N) is 2. The van der Waals surface area contributed by atoms with Crippen molar-refractivity contribution in [1.82, 2.24) is 0 Å². The Morgan fingerprint density at radius 3 is 2.43 bits per heavy atom. The van der Waals surface area contributed by atoms with Gasteiger partial charge >= 0.3 is 0 Å². The van der Waals surface area contributed by atoms with Crippen LogP contribution in [0.25, 0.3) is 22.3 Å². The largest absolute Gasteiger partial charge is 0.504 e. The van der Waals surface area contributed by atoms with Crippen molar-refractivity contribution in [1.29, 1.82) is 0 Å². The molecule has 0 amide bonds. The molecule has 1 heterocycles. The summed E-state index contributed by atoms with van der Waals surface area (Å²) < 4.78 is 5.64. The fourth-order valence-corrected chi connectivity index (χ4v) is 2.13. The smallest absolute Gasteiger partial charge is 0.193 e. The fraction of sp³-hybridized carbons (Fsp3) is 0. The number of anilines is 2. The highest BCUT2D eigenvalue weighted by molar-refractivity contribution is 5.91. The van der Waals surface area contributed by atoms with E-state index in [0.717, 1.165) is 0 Å². The average Bonchev–Trinajstić information content (AvgIpc) is 2.43. The molecule has 0 aliphatic rings. The first-order valence-electron chi connectivity index (χ1n) is 6.11. The van der Waals surface area contributed by atoms with Crippen molar-refractivity contribution in [3.8, 4) is 22.8 Å². The molecule has 6 N–H and O–H groups in total. The molecule has 0 spiro atoms. The lowest BCUT2D eigenvalue weighted by Crippen LogP contribution is -2.03. The van der Waals surface area contributed by atoms with Crippen molar-refractivity contribution in [3.63, 3.8) is 0 Å². The molecule has 2 aromatic carbocycles. The molecule has 0 saturated carbocycles. The summed E-state index contributed by atoms with van der Waals surface area (Å²) in [5.41, 5.74) is 12.5. The van der Waals surface area contributed by atoms with Gasteiger partial charge in [0.2, 0.25) is 0 Å². The van der Waals surface area contributed by atoms with E-state index in [1.807, 2.05) is 0 Å². The summed E-state index contributed by atoms with van der Waals surface area (Å²) in [6.45, 7) is 0. The second kappa shape index (κ2) is 4.45. The second-order valence-electron chi connectivity index (χ2n) is 4.67. The van der Waals surface area contributed by atoms with Crippen LogP contribution in [0.5, 0.6) is 11.5 Å². The Morgan fingerprint density at radius 2 is 1.71 bits per heavy atom. The highest BCUT2D eigenvalue weighted by Gasteiger charge is 2.11. The number of phenols is 2. The molecule has 0 aliphatic heterocycles. The molecule has 106 valence electrons. The summed E-state index contributed by atoms with van der Waals surface area (Å²) in [5, 5.41) is 19.1. The number of hydrogen-bond acceptors (Lipinski definition) is 6. The zero-order valence-electron chi connectivity index (χ0n) is 10.8. The van der Waals surface area contributed by atoms with Gasteiger partial charge in [0.05, 0.1) is 11.1 Å². The van der Waals surface area contributed by atoms with Crippen LogP contribution in [-0.4, -0.2) is 10.2 Å². The number of hydrogen-bond donors (Lipinski definition) is 4. The predicted molar refractivity (Wildman–Crippen MR) is 80.1 cm³/mol. The average molecular weight is 284 g/mol. The highest BCUT2D eigenvalue weighted by Crippen LogP contribution is 2.32. The Labute approximate surface area is 118 Å². The van der Waals surface area contributed by atoms with Crippen molar-refractivity contribution in [3.05, 3.63) is 46.6 Å². The van der Waals surface area contributed by atoms with Gasteiger partial charge < -0.3 is 26.1 Å². The maximum Gasteiger partial charge on any atom is 0.193 e. The molecule has 0 bridgehead atoms. The van der Waals surface area contributed by atoms with Crippen LogP contribution in [-0.2, 0) is 0 Å². The maximum absolute atomic E-state index is 12.1. The third kappa shape index (κ3) is 2.12. The van der Waals surface area contributed by atoms with Crippen LogP contribution in [0, 0.1) is 0 Å². The number of benzene rings is 2. The van der Waals surface area contributed by atoms with Crippen LogP contribution >= 0.6 is 0 Å². The van der Waals surface area contributed by atoms with Crippen molar-refractivity contribution >= 4 is 22.3 Å². The monoisotopic (exact) mass is 284 g/mol. The van der Waals surface area contributed by atoms with Gasteiger partial charge in [-0.05, 0) is 30.3 Å². The van der Waals surface area contributed by atoms with Gasteiger partial charge in [-0.15, -0.1) is 0 Å². The highest BCUT2D eigenvalue weighted by atomic mass is 16.3. The zero-order chi connectivity index (χ0) is 15.1. The van der Waals surface area contributed by atoms with E-state index in [0.29, 0.717) is 16.6 Å². The number of rotatable bonds is 1. The quantitative estimate of drug-likeness (QED) is 0.400. The molecule has 0 atom stereocenters. The zero-order valence-corrected chi connectivity index (χ0v) is 10.8. The predicted octanol–water partition coefficient (Wildman–Crippen LogP) is 2.04. The number of fused-ring (bicyclic) bond motifs is 1. The first kappa shape index (κ1) is 12.9. The summed E-state index contributed by atoms with van der Waals surface area (Å²) in [7, 11) is 0. The van der Waals surface area contributed by atoms with E-state index < -0.39 is 0 Å². The third-order valence-electron chi connectivity index (χ3n) is 3.14. The molecule has 0 aliphatic carbocycles. The van der Waals surface area contributed by atoms with Crippen LogP contribution in [0.1, 0.15) is 0 Å². The van der Waals surface area contributed by atoms with Crippen LogP contribution in [0.2, 0.25) is 0 Å². The van der Waals surface area contributed by atoms with Crippen LogP contribution in [0.4, 0.5) is 11.4 Å². The summed E-state index contributed by atoms with van der Waals surface area (Å²) in [5.74, 6) is -0.325. The summed E-state index contributed by atoms with van der Waals surface area (Å²) in [6.07, 6.45) is 0. The van der Waals surface area contributed by atoms with Gasteiger partial charge in [-0.3, -0.25) is 4.79 Å². The molecule has 3 rings (SSSR count). The van der Waals surface area contributed by atoms with Crippen molar-refractivity contribution in [2.24, 2.45) is 0 Å². The van der Waals surface area contributed by atoms with Crippen LogP contribution in [0.15, 0.2) is 45.6 Å². The molecule has 21 heavy (non-hydrogen) atoms. The second-order valence-corrected chi connectivity index (χ2v) is 4.67. The summed E-state index contributed by atoms with van der Waals surface area (Å²) in [6, 6.07) is 8.41. The minimum atomic E-state index is -0.305. The van der Waals surface area contributed by atoms with Crippen molar-refractivity contribution in [2.75, 3.05) is 11.5 Å². The van der Waals surface area contributed by atoms with E-state index in [1.54, 1.807) is 0 Å². The molecule has 0 saturated heterocycles. The van der Waals surface area contributed by atoms with Crippen LogP contribution in [0.3, 0.4) is 0 Å². The first-order valence-corrected chi connectivity index (χ1v) is 6.11. The van der Waals surface area contributed by atoms with Crippen molar-refractivity contribution in [2.45, 2.75) is 0 Å². The normalized spacial score (nSPS) is 10.9. The molecule has 0 radical (unpaired) electrons. The fourth-order valence-electron chi connectivity index (χ4n) is 2.13. The molecular formula is C15H12N2O4. The summed E-state index contributed by atoms with van der Waals surface area (Å²) >= 11 is 0. The van der Waals surface area contributed by atoms with Gasteiger partial charge in [0.25, 0.3) is 0 Å². The van der Waals surface area contributed by atoms with E-state index >= 15 is 0 Å². The Hall–Kier alpha value is -3.15. The van der Waals surface area contributed by atoms with Crippen molar-refractivity contribution < 1.29 is 14.6 Å². The minimum Gasteiger partial charge on any atom is -0.504 e. The van der Waals surface area contributed by atoms with Gasteiger partial charge in [0.15, 0.2) is 22.5 Å². The molecule has 6 heteroatoms. The molecule has 3 aromatic rings. The Bertz CT molecular complexity index is 915. The Balaban J connectivity index is 2.30. The lowest BCUT2D eigenvalue weighted by molar-refractivity contribution is 0.404. The number of aromatic hydroxyl groups is 2. The van der Waals surface area contributed by atoms with E-state index in [4.69, 9.17) is 15.9 Å². The first-order chi connectivity index (χ1) is 9.95. The maximum atomic E-state index is 12.1. The van der Waals surface area contributed by atoms with Gasteiger partial charge in [0.1, 0.15) is 5.76 Å². The number of nitrogen functional groups attached to an aromatic ring is 2.